The van der Waals surface area contributed by atoms with Gasteiger partial charge in [-0.15, -0.1) is 0 Å². The Morgan fingerprint density at radius 1 is 1.60 bits per heavy atom. The molecule has 20 heavy (non-hydrogen) atoms. The lowest BCUT2D eigenvalue weighted by atomic mass is 9.72. The van der Waals surface area contributed by atoms with E-state index in [-0.39, 0.29) is 24.4 Å². The van der Waals surface area contributed by atoms with Crippen molar-refractivity contribution in [2.24, 2.45) is 0 Å². The predicted molar refractivity (Wildman–Crippen MR) is 76.7 cm³/mol. The molecule has 0 saturated carbocycles. The molecule has 0 aromatic carbocycles. The van der Waals surface area contributed by atoms with Crippen molar-refractivity contribution < 1.29 is 14.5 Å². The predicted octanol–water partition coefficient (Wildman–Crippen LogP) is 0.300. The number of anilines is 1. The van der Waals surface area contributed by atoms with Crippen molar-refractivity contribution in [2.45, 2.75) is 44.7 Å². The Bertz CT molecular complexity index is 472. The molecule has 6 nitrogen and oxygen atoms in total. The standard InChI is InChI=1S/C13H20BN3O3/c1-2-10-6-7-11(14(19)20-10)17-13(18)8-9-4-3-5-12(15)16-9/h3-5,10-11,19H,2,6-8H2,1H3,(H2,15,16)(H,17,18). The van der Waals surface area contributed by atoms with Crippen LogP contribution in [0.25, 0.3) is 0 Å². The Labute approximate surface area is 118 Å². The SMILES string of the molecule is CCC1CCC(NC(=O)Cc2cccc(N)n2)B(O)O1. The molecule has 2 rings (SSSR count). The summed E-state index contributed by atoms with van der Waals surface area (Å²) in [6, 6.07) is 5.18. The number of nitrogens with zero attached hydrogens (tertiary/aromatic N) is 1. The van der Waals surface area contributed by atoms with Crippen molar-refractivity contribution in [3.05, 3.63) is 23.9 Å². The number of rotatable bonds is 4. The van der Waals surface area contributed by atoms with Gasteiger partial charge < -0.3 is 20.7 Å². The molecule has 2 unspecified atom stereocenters. The summed E-state index contributed by atoms with van der Waals surface area (Å²) in [5.41, 5.74) is 6.18. The molecule has 0 radical (unpaired) electrons. The van der Waals surface area contributed by atoms with Gasteiger partial charge in [0.2, 0.25) is 5.91 Å². The van der Waals surface area contributed by atoms with Gasteiger partial charge in [-0.3, -0.25) is 4.79 Å². The lowest BCUT2D eigenvalue weighted by Gasteiger charge is -2.31. The maximum absolute atomic E-state index is 11.9. The molecule has 1 aromatic heterocycles. The highest BCUT2D eigenvalue weighted by Gasteiger charge is 2.35. The van der Waals surface area contributed by atoms with Gasteiger partial charge in [-0.05, 0) is 31.4 Å². The number of nitrogens with two attached hydrogens (primary N) is 1. The fourth-order valence-electron chi connectivity index (χ4n) is 2.33. The molecule has 0 spiro atoms. The lowest BCUT2D eigenvalue weighted by molar-refractivity contribution is -0.121. The van der Waals surface area contributed by atoms with E-state index in [1.54, 1.807) is 18.2 Å². The Morgan fingerprint density at radius 3 is 3.05 bits per heavy atom. The molecule has 1 aromatic rings. The van der Waals surface area contributed by atoms with Crippen molar-refractivity contribution >= 4 is 18.8 Å². The van der Waals surface area contributed by atoms with E-state index in [0.29, 0.717) is 11.5 Å². The third-order valence-corrected chi connectivity index (χ3v) is 3.45. The van der Waals surface area contributed by atoms with E-state index in [1.165, 1.54) is 0 Å². The molecular formula is C13H20BN3O3. The van der Waals surface area contributed by atoms with Gasteiger partial charge >= 0.3 is 7.12 Å². The van der Waals surface area contributed by atoms with Gasteiger partial charge in [-0.1, -0.05) is 13.0 Å². The zero-order valence-corrected chi connectivity index (χ0v) is 11.6. The van der Waals surface area contributed by atoms with Crippen LogP contribution in [0.15, 0.2) is 18.2 Å². The zero-order chi connectivity index (χ0) is 14.5. The number of carbonyl (C=O) groups excluding carboxylic acids is 1. The summed E-state index contributed by atoms with van der Waals surface area (Å²) < 4.78 is 5.42. The third kappa shape index (κ3) is 3.95. The molecular weight excluding hydrogens is 257 g/mol. The first-order valence-electron chi connectivity index (χ1n) is 6.92. The number of carbonyl (C=O) groups is 1. The van der Waals surface area contributed by atoms with E-state index >= 15 is 0 Å². The second-order valence-corrected chi connectivity index (χ2v) is 5.04. The Hall–Kier alpha value is -1.60. The van der Waals surface area contributed by atoms with Crippen LogP contribution < -0.4 is 11.1 Å². The monoisotopic (exact) mass is 277 g/mol. The highest BCUT2D eigenvalue weighted by atomic mass is 16.5. The summed E-state index contributed by atoms with van der Waals surface area (Å²) in [6.45, 7) is 2.02. The average molecular weight is 277 g/mol. The van der Waals surface area contributed by atoms with E-state index in [9.17, 15) is 9.82 Å². The molecule has 108 valence electrons. The Morgan fingerprint density at radius 2 is 2.40 bits per heavy atom. The summed E-state index contributed by atoms with van der Waals surface area (Å²) in [5.74, 6) is -0.154. The van der Waals surface area contributed by atoms with E-state index in [1.807, 2.05) is 6.92 Å². The van der Waals surface area contributed by atoms with Gasteiger partial charge in [-0.2, -0.15) is 0 Å². The van der Waals surface area contributed by atoms with E-state index in [0.717, 1.165) is 19.3 Å². The molecule has 1 fully saturated rings. The zero-order valence-electron chi connectivity index (χ0n) is 11.6. The van der Waals surface area contributed by atoms with Crippen molar-refractivity contribution in [1.29, 1.82) is 0 Å². The van der Waals surface area contributed by atoms with Gasteiger partial charge in [0.05, 0.1) is 18.1 Å². The second kappa shape index (κ2) is 6.72. The van der Waals surface area contributed by atoms with Crippen molar-refractivity contribution in [2.75, 3.05) is 5.73 Å². The van der Waals surface area contributed by atoms with E-state index in [4.69, 9.17) is 10.4 Å². The molecule has 7 heteroatoms. The van der Waals surface area contributed by atoms with Gasteiger partial charge in [0.25, 0.3) is 0 Å². The highest BCUT2D eigenvalue weighted by Crippen LogP contribution is 2.18. The maximum Gasteiger partial charge on any atom is 0.478 e. The molecule has 0 bridgehead atoms. The van der Waals surface area contributed by atoms with Crippen molar-refractivity contribution in [3.63, 3.8) is 0 Å². The number of pyridine rings is 1. The number of aromatic nitrogens is 1. The fraction of sp³-hybridized carbons (Fsp3) is 0.538. The van der Waals surface area contributed by atoms with Gasteiger partial charge in [-0.25, -0.2) is 4.98 Å². The molecule has 2 heterocycles. The summed E-state index contributed by atoms with van der Waals surface area (Å²) >= 11 is 0. The highest BCUT2D eigenvalue weighted by molar-refractivity contribution is 6.45. The molecule has 4 N–H and O–H groups in total. The number of hydrogen-bond donors (Lipinski definition) is 3. The molecule has 1 aliphatic rings. The first-order valence-corrected chi connectivity index (χ1v) is 6.92. The quantitative estimate of drug-likeness (QED) is 0.688. The summed E-state index contributed by atoms with van der Waals surface area (Å²) in [5, 5.41) is 12.6. The van der Waals surface area contributed by atoms with Gasteiger partial charge in [0.1, 0.15) is 5.82 Å². The number of nitrogen functional groups attached to an aromatic ring is 1. The third-order valence-electron chi connectivity index (χ3n) is 3.45. The molecule has 1 amide bonds. The molecule has 0 aliphatic carbocycles. The first kappa shape index (κ1) is 14.8. The Kier molecular flexibility index (Phi) is 4.97. The topological polar surface area (TPSA) is 97.5 Å². The summed E-state index contributed by atoms with van der Waals surface area (Å²) in [4.78, 5) is 16.0. The first-order chi connectivity index (χ1) is 9.58. The van der Waals surface area contributed by atoms with E-state index < -0.39 is 7.12 Å². The number of nitrogens with one attached hydrogen (secondary N) is 1. The minimum atomic E-state index is -0.938. The maximum atomic E-state index is 11.9. The number of amides is 1. The smallest absolute Gasteiger partial charge is 0.426 e. The van der Waals surface area contributed by atoms with Gasteiger partial charge in [0.15, 0.2) is 0 Å². The Balaban J connectivity index is 1.85. The fourth-order valence-corrected chi connectivity index (χ4v) is 2.33. The average Bonchev–Trinajstić information content (AvgIpc) is 2.41. The minimum absolute atomic E-state index is 0.0775. The van der Waals surface area contributed by atoms with Crippen LogP contribution in [-0.4, -0.2) is 35.1 Å². The molecule has 2 atom stereocenters. The number of hydrogen-bond acceptors (Lipinski definition) is 5. The van der Waals surface area contributed by atoms with Crippen LogP contribution in [0.3, 0.4) is 0 Å². The van der Waals surface area contributed by atoms with Crippen LogP contribution in [-0.2, 0) is 15.9 Å². The minimum Gasteiger partial charge on any atom is -0.426 e. The van der Waals surface area contributed by atoms with Crippen LogP contribution in [0.1, 0.15) is 31.9 Å². The van der Waals surface area contributed by atoms with Crippen molar-refractivity contribution in [1.82, 2.24) is 10.3 Å². The molecule has 1 aliphatic heterocycles. The largest absolute Gasteiger partial charge is 0.478 e. The van der Waals surface area contributed by atoms with Crippen molar-refractivity contribution in [3.8, 4) is 0 Å². The second-order valence-electron chi connectivity index (χ2n) is 5.04. The van der Waals surface area contributed by atoms with Crippen LogP contribution in [0, 0.1) is 0 Å². The van der Waals surface area contributed by atoms with Crippen LogP contribution in [0.2, 0.25) is 0 Å². The van der Waals surface area contributed by atoms with Crippen LogP contribution in [0.4, 0.5) is 5.82 Å². The lowest BCUT2D eigenvalue weighted by Crippen LogP contribution is -2.52. The normalized spacial score (nSPS) is 22.6. The van der Waals surface area contributed by atoms with Crippen LogP contribution >= 0.6 is 0 Å². The van der Waals surface area contributed by atoms with Gasteiger partial charge in [0, 0.05) is 6.10 Å². The molecule has 1 saturated heterocycles. The summed E-state index contributed by atoms with van der Waals surface area (Å²) in [7, 11) is -0.938. The van der Waals surface area contributed by atoms with E-state index in [2.05, 4.69) is 10.3 Å². The van der Waals surface area contributed by atoms with Crippen LogP contribution in [0.5, 0.6) is 0 Å². The summed E-state index contributed by atoms with van der Waals surface area (Å²) in [6.07, 6.45) is 2.65.